The van der Waals surface area contributed by atoms with E-state index in [1.807, 2.05) is 4.90 Å². The van der Waals surface area contributed by atoms with Crippen LogP contribution in [-0.2, 0) is 35.8 Å². The molecule has 4 bridgehead atoms. The van der Waals surface area contributed by atoms with Crippen LogP contribution in [0.4, 0.5) is 11.8 Å². The van der Waals surface area contributed by atoms with Crippen LogP contribution < -0.4 is 46.8 Å². The molecular formula is C47H68N10O13S. The molecule has 71 heavy (non-hydrogen) atoms. The maximum atomic E-state index is 15.0. The number of nitrogens with two attached hydrogens (primary N) is 4. The van der Waals surface area contributed by atoms with Gasteiger partial charge in [-0.3, -0.25) is 19.2 Å². The average molecular weight is 1010 g/mol. The number of phenolic OH excluding ortho intramolecular Hbond substituents is 1. The second-order valence-electron chi connectivity index (χ2n) is 19.4. The highest BCUT2D eigenvalue weighted by Crippen LogP contribution is 2.45. The Hall–Kier alpha value is -6.02. The number of hydrogen-bond donors (Lipinski definition) is 10. The van der Waals surface area contributed by atoms with Gasteiger partial charge in [-0.2, -0.15) is 13.4 Å². The first-order valence-corrected chi connectivity index (χ1v) is 24.8. The van der Waals surface area contributed by atoms with Gasteiger partial charge in [0, 0.05) is 76.1 Å². The van der Waals surface area contributed by atoms with Crippen LogP contribution in [0.15, 0.2) is 30.3 Å². The summed E-state index contributed by atoms with van der Waals surface area (Å²) < 4.78 is 38.5. The van der Waals surface area contributed by atoms with Gasteiger partial charge < -0.3 is 62.2 Å². The topological polar surface area (TPSA) is 379 Å². The fraction of sp³-hybridized carbons (Fsp3) is 0.553. The molecule has 3 aromatic rings. The fourth-order valence-electron chi connectivity index (χ4n) is 8.75. The zero-order valence-corrected chi connectivity index (χ0v) is 41.7. The van der Waals surface area contributed by atoms with Crippen LogP contribution in [0.5, 0.6) is 17.2 Å². The number of ether oxygens (including phenoxy) is 2. The number of phenols is 1. The zero-order valence-electron chi connectivity index (χ0n) is 40.9. The number of aryl methyl sites for hydroxylation is 1. The summed E-state index contributed by atoms with van der Waals surface area (Å²) in [6, 6.07) is 3.77. The van der Waals surface area contributed by atoms with E-state index in [0.717, 1.165) is 17.7 Å². The van der Waals surface area contributed by atoms with Crippen molar-refractivity contribution in [2.75, 3.05) is 63.6 Å². The smallest absolute Gasteiger partial charge is 0.326 e. The summed E-state index contributed by atoms with van der Waals surface area (Å²) in [5.41, 5.74) is 18.2. The summed E-state index contributed by atoms with van der Waals surface area (Å²) in [6.07, 6.45) is -2.14. The molecule has 1 fully saturated rings. The number of nitrogens with one attached hydrogen (secondary N) is 2. The fourth-order valence-corrected chi connectivity index (χ4v) is 9.18. The number of likely N-dealkylation sites (N-methyl/N-ethyl adjacent to an activating group) is 1. The summed E-state index contributed by atoms with van der Waals surface area (Å²) in [5, 5.41) is 50.6. The van der Waals surface area contributed by atoms with Gasteiger partial charge in [-0.25, -0.2) is 19.6 Å². The number of carboxylic acid groups (broad SMARTS) is 1. The van der Waals surface area contributed by atoms with Crippen LogP contribution in [0.25, 0.3) is 11.1 Å². The Bertz CT molecular complexity index is 2540. The summed E-state index contributed by atoms with van der Waals surface area (Å²) in [4.78, 5) is 82.2. The maximum Gasteiger partial charge on any atom is 0.326 e. The predicted octanol–water partition coefficient (Wildman–Crippen LogP) is 0.302. The Morgan fingerprint density at radius 1 is 0.972 bits per heavy atom. The van der Waals surface area contributed by atoms with Crippen molar-refractivity contribution >= 4 is 51.3 Å². The number of hydrogen-bond acceptors (Lipinski definition) is 18. The number of carbonyl (C=O) groups is 5. The minimum absolute atomic E-state index is 0.0369. The number of aromatic nitrogens is 2. The number of aromatic hydroxyl groups is 1. The zero-order chi connectivity index (χ0) is 52.7. The van der Waals surface area contributed by atoms with Gasteiger partial charge in [-0.15, -0.1) is 0 Å². The number of amides is 2. The van der Waals surface area contributed by atoms with Gasteiger partial charge in [0.2, 0.25) is 17.8 Å². The lowest BCUT2D eigenvalue weighted by atomic mass is 9.75. The Morgan fingerprint density at radius 3 is 2.15 bits per heavy atom. The summed E-state index contributed by atoms with van der Waals surface area (Å²) in [5.74, 6) is -7.67. The lowest BCUT2D eigenvalue weighted by Crippen LogP contribution is -2.46. The third-order valence-corrected chi connectivity index (χ3v) is 13.5. The maximum absolute atomic E-state index is 15.0. The number of benzene rings is 2. The number of nitrogen functional groups attached to an aromatic ring is 1. The van der Waals surface area contributed by atoms with E-state index in [0.29, 0.717) is 30.5 Å². The normalized spacial score (nSPS) is 19.5. The van der Waals surface area contributed by atoms with Gasteiger partial charge in [0.25, 0.3) is 10.2 Å². The van der Waals surface area contributed by atoms with Crippen molar-refractivity contribution in [3.05, 3.63) is 52.7 Å². The predicted molar refractivity (Wildman–Crippen MR) is 261 cm³/mol. The number of piperidine rings is 1. The minimum atomic E-state index is -4.48. The Kier molecular flexibility index (Phi) is 18.5. The van der Waals surface area contributed by atoms with Crippen molar-refractivity contribution in [1.29, 1.82) is 0 Å². The monoisotopic (exact) mass is 1010 g/mol. The van der Waals surface area contributed by atoms with Crippen molar-refractivity contribution in [1.82, 2.24) is 24.9 Å². The molecule has 2 aliphatic heterocycles. The molecule has 2 aromatic carbocycles. The number of Topliss-reactive ketones (excluding diaryl/α,β-unsaturated/α-hetero) is 2. The number of rotatable bonds is 18. The van der Waals surface area contributed by atoms with Crippen molar-refractivity contribution in [3.8, 4) is 28.4 Å². The molecule has 0 unspecified atom stereocenters. The Labute approximate surface area is 412 Å². The van der Waals surface area contributed by atoms with Crippen molar-refractivity contribution in [2.24, 2.45) is 39.8 Å². The molecule has 6 atom stereocenters. The van der Waals surface area contributed by atoms with Gasteiger partial charge in [-0.1, -0.05) is 33.8 Å². The van der Waals surface area contributed by atoms with Crippen LogP contribution in [0.3, 0.4) is 0 Å². The second-order valence-corrected chi connectivity index (χ2v) is 20.8. The number of aliphatic hydroxyl groups excluding tert-OH is 2. The van der Waals surface area contributed by atoms with E-state index in [2.05, 4.69) is 40.8 Å². The number of anilines is 2. The molecule has 2 aliphatic rings. The van der Waals surface area contributed by atoms with Gasteiger partial charge in [0.1, 0.15) is 49.1 Å². The molecule has 24 heteroatoms. The van der Waals surface area contributed by atoms with Crippen molar-refractivity contribution in [2.45, 2.75) is 91.0 Å². The molecule has 3 heterocycles. The Balaban J connectivity index is 1.64. The van der Waals surface area contributed by atoms with Gasteiger partial charge in [-0.05, 0) is 66.5 Å². The molecule has 23 nitrogen and oxygen atoms in total. The highest BCUT2D eigenvalue weighted by molar-refractivity contribution is 7.87. The lowest BCUT2D eigenvalue weighted by Gasteiger charge is -2.38. The van der Waals surface area contributed by atoms with E-state index in [9.17, 15) is 52.8 Å². The molecule has 0 radical (unpaired) electrons. The third-order valence-electron chi connectivity index (χ3n) is 12.9. The lowest BCUT2D eigenvalue weighted by molar-refractivity contribution is -0.143. The quantitative estimate of drug-likeness (QED) is 0.0766. The van der Waals surface area contributed by atoms with Crippen LogP contribution in [0, 0.1) is 30.1 Å². The van der Waals surface area contributed by atoms with Gasteiger partial charge in [0.15, 0.2) is 23.1 Å². The van der Waals surface area contributed by atoms with E-state index >= 15 is 0 Å². The molecular weight excluding hydrogens is 945 g/mol. The SMILES string of the molecule is Cc1nc(N2CCC(C(C)(C)C)CC2)nc(N)c1C(=O)C[C@@H](CNS(N)(=O)=O)C(=O)N(C)[C@@H]1C(=O)C[C@@H](C)C(=O)N[C@H](C(=O)O)Cc2ccc(OC[C@H](O)CN)c(c2)-c2cc1cc(OC[C@H](O)CN)c2O. The molecule has 2 amide bonds. The molecule has 390 valence electrons. The Morgan fingerprint density at radius 2 is 1.59 bits per heavy atom. The standard InChI is InChI=1S/C47H68N10O13S/c1-24-13-36(61)40(56(6)44(64)28(21-52-71(51,67)68)17-35(60)39-25(2)53-46(55-42(39)50)57-11-9-29(10-12-57)47(3,4)5)27-16-33(41(62)38(18-27)70-23-31(59)20-49)32-14-26(15-34(45(65)66)54-43(24)63)7-8-37(32)69-22-30(58)19-48/h7-8,14,16,18,24,28-31,34,40,52,58-59,62H,9-13,15,17,19-23,48-49H2,1-6H3,(H,54,63)(H,65,66)(H2,50,53,55)(H2,51,67,68)/t24-,28+,30-,31-,34+,40+/m1/s1. The summed E-state index contributed by atoms with van der Waals surface area (Å²) in [7, 11) is -3.27. The van der Waals surface area contributed by atoms with Crippen molar-refractivity contribution < 1.29 is 62.3 Å². The molecule has 5 rings (SSSR count). The number of aliphatic carboxylic acids is 1. The van der Waals surface area contributed by atoms with Crippen LogP contribution in [0.1, 0.15) is 86.6 Å². The van der Waals surface area contributed by atoms with E-state index < -0.39 is 107 Å². The van der Waals surface area contributed by atoms with Gasteiger partial charge >= 0.3 is 5.97 Å². The number of fused-ring (bicyclic) bond motifs is 5. The van der Waals surface area contributed by atoms with E-state index in [4.69, 9.17) is 31.8 Å². The van der Waals surface area contributed by atoms with Crippen LogP contribution in [-0.4, -0.2) is 144 Å². The largest absolute Gasteiger partial charge is 0.504 e. The number of aliphatic hydroxyl groups is 2. The van der Waals surface area contributed by atoms with E-state index in [-0.39, 0.29) is 76.8 Å². The minimum Gasteiger partial charge on any atom is -0.504 e. The molecule has 0 saturated carbocycles. The first-order chi connectivity index (χ1) is 33.2. The molecule has 14 N–H and O–H groups in total. The average Bonchev–Trinajstić information content (AvgIpc) is 3.30. The van der Waals surface area contributed by atoms with Gasteiger partial charge in [0.05, 0.1) is 17.2 Å². The van der Waals surface area contributed by atoms with Crippen molar-refractivity contribution in [3.63, 3.8) is 0 Å². The molecule has 1 saturated heterocycles. The number of nitrogens with zero attached hydrogens (tertiary/aromatic N) is 4. The molecule has 1 aromatic heterocycles. The summed E-state index contributed by atoms with van der Waals surface area (Å²) in [6.45, 7) is 8.89. The molecule has 0 aliphatic carbocycles. The number of ketones is 2. The highest BCUT2D eigenvalue weighted by Gasteiger charge is 2.38. The van der Waals surface area contributed by atoms with Crippen LogP contribution in [0.2, 0.25) is 0 Å². The molecule has 0 spiro atoms. The number of carboxylic acids is 1. The van der Waals surface area contributed by atoms with Crippen LogP contribution >= 0.6 is 0 Å². The highest BCUT2D eigenvalue weighted by atomic mass is 32.2. The second kappa shape index (κ2) is 23.5. The first-order valence-electron chi connectivity index (χ1n) is 23.3. The summed E-state index contributed by atoms with van der Waals surface area (Å²) >= 11 is 0. The third kappa shape index (κ3) is 14.3. The van der Waals surface area contributed by atoms with E-state index in [1.165, 1.54) is 44.3 Å². The number of carbonyl (C=O) groups excluding carboxylic acids is 4. The van der Waals surface area contributed by atoms with E-state index in [1.54, 1.807) is 6.92 Å². The first kappa shape index (κ1) is 55.9.